The van der Waals surface area contributed by atoms with Crippen molar-refractivity contribution < 1.29 is 5.89 Å². The van der Waals surface area contributed by atoms with Crippen molar-refractivity contribution in [1.82, 2.24) is 5.16 Å². The molecule has 0 radical (unpaired) electrons. The van der Waals surface area contributed by atoms with Crippen LogP contribution in [0.1, 0.15) is 6.93 Å². The summed E-state index contributed by atoms with van der Waals surface area (Å²) in [7, 11) is 0. The smallest absolute Gasteiger partial charge is 0.126 e. The van der Waals surface area contributed by atoms with Gasteiger partial charge in [-0.05, 0) is 6.92 Å². The minimum Gasteiger partial charge on any atom is -0.365 e. The average molecular weight is 84.1 g/mol. The van der Waals surface area contributed by atoms with Gasteiger partial charge in [-0.3, -0.25) is 0 Å². The predicted molar refractivity (Wildman–Crippen MR) is 21.2 cm³/mol. The van der Waals surface area contributed by atoms with Gasteiger partial charge in [0.05, 0.1) is 7.54 Å². The largest absolute Gasteiger partial charge is 0.365 e. The van der Waals surface area contributed by atoms with Crippen LogP contribution in [-0.4, -0.2) is 5.16 Å². The molecule has 0 aliphatic carbocycles. The van der Waals surface area contributed by atoms with Crippen molar-refractivity contribution in [2.45, 2.75) is 6.92 Å². The summed E-state index contributed by atoms with van der Waals surface area (Å²) in [6.45, 7) is 1.78. The molecule has 0 aliphatic heterocycles. The number of nitrogens with zero attached hydrogens (tertiary/aromatic N) is 1. The van der Waals surface area contributed by atoms with E-state index in [9.17, 15) is 0 Å². The average Bonchev–Trinajstić information content (AvgIpc) is 1.91. The molecule has 0 amide bonds. The minimum atomic E-state index is 0.222. The molecule has 1 aromatic rings. The molecular formula is C4H5NO. The van der Waals surface area contributed by atoms with Crippen molar-refractivity contribution in [3.63, 3.8) is 0 Å². The summed E-state index contributed by atoms with van der Waals surface area (Å²) in [5.41, 5.74) is 0.778. The molecule has 0 fully saturated rings. The Balaban J connectivity index is 3.12. The van der Waals surface area contributed by atoms with Crippen molar-refractivity contribution in [2.24, 2.45) is 0 Å². The van der Waals surface area contributed by atoms with Crippen LogP contribution in [0, 0.1) is 6.92 Å². The molecule has 0 N–H and O–H groups in total. The molecule has 0 unspecified atom stereocenters. The Bertz CT molecular complexity index is 144. The van der Waals surface area contributed by atoms with Gasteiger partial charge in [-0.1, -0.05) is 5.16 Å². The number of rotatable bonds is 0. The molecule has 0 aliphatic rings. The van der Waals surface area contributed by atoms with Gasteiger partial charge in [-0.15, -0.1) is 0 Å². The molecule has 6 heavy (non-hydrogen) atoms. The fourth-order valence-electron chi connectivity index (χ4n) is 0.230. The summed E-state index contributed by atoms with van der Waals surface area (Å²) in [6.07, 6.45) is 1.67. The topological polar surface area (TPSA) is 26.0 Å². The van der Waals surface area contributed by atoms with Gasteiger partial charge in [0.2, 0.25) is 0 Å². The number of hydrogen-bond acceptors (Lipinski definition) is 2. The standard InChI is InChI=1S/C4H5NO/c1-4-2-5-6-3-4/h2-3H,1H3/i2D. The van der Waals surface area contributed by atoms with Crippen LogP contribution in [-0.2, 0) is 0 Å². The first-order valence-corrected chi connectivity index (χ1v) is 1.68. The highest BCUT2D eigenvalue weighted by molar-refractivity contribution is 4.94. The second-order valence-electron chi connectivity index (χ2n) is 1.11. The van der Waals surface area contributed by atoms with Gasteiger partial charge in [0.1, 0.15) is 6.26 Å². The van der Waals surface area contributed by atoms with E-state index >= 15 is 0 Å². The molecule has 2 heteroatoms. The second-order valence-corrected chi connectivity index (χ2v) is 1.11. The summed E-state index contributed by atoms with van der Waals surface area (Å²) in [5.74, 6) is 0. The fraction of sp³-hybridized carbons (Fsp3) is 0.250. The zero-order chi connectivity index (χ0) is 5.28. The van der Waals surface area contributed by atoms with E-state index < -0.39 is 0 Å². The lowest BCUT2D eigenvalue weighted by molar-refractivity contribution is 0.419. The third-order valence-corrected chi connectivity index (χ3v) is 0.504. The molecular weight excluding hydrogens is 78.0 g/mol. The zero-order valence-corrected chi connectivity index (χ0v) is 3.43. The van der Waals surface area contributed by atoms with E-state index in [0.717, 1.165) is 5.56 Å². The van der Waals surface area contributed by atoms with E-state index in [4.69, 9.17) is 1.37 Å². The third-order valence-electron chi connectivity index (χ3n) is 0.504. The Labute approximate surface area is 37.2 Å². The molecule has 0 atom stereocenters. The second kappa shape index (κ2) is 1.12. The van der Waals surface area contributed by atoms with Crippen LogP contribution in [0.4, 0.5) is 0 Å². The van der Waals surface area contributed by atoms with Crippen molar-refractivity contribution in [2.75, 3.05) is 0 Å². The Kier molecular flexibility index (Phi) is 0.449. The molecule has 0 bridgehead atoms. The summed E-state index contributed by atoms with van der Waals surface area (Å²) >= 11 is 0. The van der Waals surface area contributed by atoms with Gasteiger partial charge < -0.3 is 4.52 Å². The van der Waals surface area contributed by atoms with Crippen molar-refractivity contribution in [1.29, 1.82) is 0 Å². The van der Waals surface area contributed by atoms with Gasteiger partial charge in [-0.25, -0.2) is 0 Å². The van der Waals surface area contributed by atoms with E-state index in [1.54, 1.807) is 6.92 Å². The van der Waals surface area contributed by atoms with Crippen LogP contribution < -0.4 is 0 Å². The molecule has 0 aromatic carbocycles. The van der Waals surface area contributed by atoms with E-state index in [0.29, 0.717) is 0 Å². The quantitative estimate of drug-likeness (QED) is 0.468. The van der Waals surface area contributed by atoms with Crippen LogP contribution in [0.3, 0.4) is 0 Å². The van der Waals surface area contributed by atoms with Crippen molar-refractivity contribution >= 4 is 0 Å². The lowest BCUT2D eigenvalue weighted by Gasteiger charge is -1.60. The summed E-state index contributed by atoms with van der Waals surface area (Å²) < 4.78 is 11.3. The van der Waals surface area contributed by atoms with Crippen molar-refractivity contribution in [3.05, 3.63) is 18.0 Å². The van der Waals surface area contributed by atoms with E-state index in [2.05, 4.69) is 9.68 Å². The van der Waals surface area contributed by atoms with Gasteiger partial charge in [-0.2, -0.15) is 0 Å². The SMILES string of the molecule is [2H]c1nocc1C. The van der Waals surface area contributed by atoms with Crippen LogP contribution >= 0.6 is 0 Å². The first kappa shape index (κ1) is 2.39. The first-order valence-electron chi connectivity index (χ1n) is 2.18. The lowest BCUT2D eigenvalue weighted by atomic mass is 10.4. The third kappa shape index (κ3) is 0.407. The van der Waals surface area contributed by atoms with Gasteiger partial charge in [0.25, 0.3) is 0 Å². The maximum Gasteiger partial charge on any atom is 0.126 e. The van der Waals surface area contributed by atoms with Crippen molar-refractivity contribution in [3.8, 4) is 0 Å². The lowest BCUT2D eigenvalue weighted by Crippen LogP contribution is -1.50. The van der Waals surface area contributed by atoms with Crippen LogP contribution in [0.2, 0.25) is 0 Å². The van der Waals surface area contributed by atoms with Gasteiger partial charge in [0, 0.05) is 5.56 Å². The number of aromatic nitrogens is 1. The highest BCUT2D eigenvalue weighted by atomic mass is 16.5. The molecule has 1 heterocycles. The minimum absolute atomic E-state index is 0.222. The Hall–Kier alpha value is -0.790. The zero-order valence-electron chi connectivity index (χ0n) is 4.43. The summed E-state index contributed by atoms with van der Waals surface area (Å²) in [6, 6.07) is 0. The molecule has 1 aromatic heterocycles. The number of hydrogen-bond donors (Lipinski definition) is 0. The maximum atomic E-state index is 6.89. The molecule has 32 valence electrons. The van der Waals surface area contributed by atoms with Crippen LogP contribution in [0.25, 0.3) is 0 Å². The predicted octanol–water partition coefficient (Wildman–Crippen LogP) is 0.983. The monoisotopic (exact) mass is 84.0 g/mol. The molecule has 2 nitrogen and oxygen atoms in total. The molecule has 1 rings (SSSR count). The van der Waals surface area contributed by atoms with E-state index in [-0.39, 0.29) is 6.17 Å². The van der Waals surface area contributed by atoms with E-state index in [1.807, 2.05) is 0 Å². The normalized spacial score (nSPS) is 11.2. The molecule has 0 saturated heterocycles. The van der Waals surface area contributed by atoms with Crippen LogP contribution in [0.5, 0.6) is 0 Å². The first-order chi connectivity index (χ1) is 3.30. The fourth-order valence-corrected chi connectivity index (χ4v) is 0.230. The molecule has 0 spiro atoms. The van der Waals surface area contributed by atoms with Crippen LogP contribution in [0.15, 0.2) is 17.0 Å². The van der Waals surface area contributed by atoms with Gasteiger partial charge >= 0.3 is 0 Å². The maximum absolute atomic E-state index is 6.89. The Morgan fingerprint density at radius 3 is 3.17 bits per heavy atom. The number of aryl methyl sites for hydroxylation is 1. The summed E-state index contributed by atoms with van der Waals surface area (Å²) in [5, 5.41) is 3.31. The van der Waals surface area contributed by atoms with E-state index in [1.165, 1.54) is 6.26 Å². The summed E-state index contributed by atoms with van der Waals surface area (Å²) in [4.78, 5) is 0. The highest BCUT2D eigenvalue weighted by Gasteiger charge is 1.77. The highest BCUT2D eigenvalue weighted by Crippen LogP contribution is 1.88. The van der Waals surface area contributed by atoms with Gasteiger partial charge in [0.15, 0.2) is 0 Å². The Morgan fingerprint density at radius 1 is 2.17 bits per heavy atom. The molecule has 0 saturated carbocycles. The Morgan fingerprint density at radius 2 is 3.00 bits per heavy atom.